The summed E-state index contributed by atoms with van der Waals surface area (Å²) < 4.78 is 40.3. The monoisotopic (exact) mass is 346 g/mol. The minimum absolute atomic E-state index is 0.0950. The molecule has 0 atom stereocenters. The van der Waals surface area contributed by atoms with Crippen molar-refractivity contribution < 1.29 is 17.7 Å². The van der Waals surface area contributed by atoms with Gasteiger partial charge in [-0.3, -0.25) is 10.1 Å². The molecule has 0 saturated carbocycles. The van der Waals surface area contributed by atoms with Gasteiger partial charge in [0.1, 0.15) is 5.82 Å². The molecule has 0 aliphatic carbocycles. The molecule has 128 valence electrons. The number of rotatable bonds is 7. The van der Waals surface area contributed by atoms with E-state index in [2.05, 4.69) is 14.9 Å². The molecule has 0 radical (unpaired) electrons. The van der Waals surface area contributed by atoms with E-state index < -0.39 is 31.3 Å². The highest BCUT2D eigenvalue weighted by Crippen LogP contribution is 2.25. The number of hydrogen-bond acceptors (Lipinski definition) is 6. The van der Waals surface area contributed by atoms with E-state index in [-0.39, 0.29) is 6.54 Å². The lowest BCUT2D eigenvalue weighted by Gasteiger charge is -2.27. The number of benzene rings is 1. The van der Waals surface area contributed by atoms with Crippen molar-refractivity contribution >= 4 is 15.7 Å². The second kappa shape index (κ2) is 7.77. The van der Waals surface area contributed by atoms with Crippen LogP contribution in [0.4, 0.5) is 10.1 Å². The van der Waals surface area contributed by atoms with Gasteiger partial charge >= 0.3 is 0 Å². The third-order valence-electron chi connectivity index (χ3n) is 3.56. The van der Waals surface area contributed by atoms with Gasteiger partial charge in [0, 0.05) is 38.8 Å². The highest BCUT2D eigenvalue weighted by molar-refractivity contribution is 7.89. The van der Waals surface area contributed by atoms with Crippen molar-refractivity contribution in [2.45, 2.75) is 11.3 Å². The van der Waals surface area contributed by atoms with E-state index in [1.165, 1.54) is 0 Å². The maximum Gasteiger partial charge on any atom is 0.292 e. The maximum atomic E-state index is 13.8. The van der Waals surface area contributed by atoms with Crippen LogP contribution in [-0.4, -0.2) is 57.5 Å². The van der Waals surface area contributed by atoms with Crippen LogP contribution in [0.1, 0.15) is 6.42 Å². The first-order chi connectivity index (χ1) is 10.9. The predicted molar refractivity (Wildman–Crippen MR) is 82.2 cm³/mol. The van der Waals surface area contributed by atoms with Crippen molar-refractivity contribution in [3.63, 3.8) is 0 Å². The Labute approximate surface area is 133 Å². The molecule has 10 heteroatoms. The minimum Gasteiger partial charge on any atom is -0.314 e. The van der Waals surface area contributed by atoms with Gasteiger partial charge in [0.05, 0.1) is 4.92 Å². The van der Waals surface area contributed by atoms with Crippen LogP contribution in [0.15, 0.2) is 23.1 Å². The Balaban J connectivity index is 1.98. The molecular formula is C13H19FN4O4S. The van der Waals surface area contributed by atoms with E-state index in [0.717, 1.165) is 44.4 Å². The molecule has 0 aromatic heterocycles. The Bertz CT molecular complexity index is 662. The molecule has 2 N–H and O–H groups in total. The fourth-order valence-corrected chi connectivity index (χ4v) is 3.72. The Morgan fingerprint density at radius 2 is 2.04 bits per heavy atom. The number of halogens is 1. The van der Waals surface area contributed by atoms with Gasteiger partial charge in [0.15, 0.2) is 4.90 Å². The topological polar surface area (TPSA) is 105 Å². The van der Waals surface area contributed by atoms with E-state index in [0.29, 0.717) is 13.0 Å². The number of nitro groups is 1. The first kappa shape index (κ1) is 17.7. The van der Waals surface area contributed by atoms with Gasteiger partial charge in [0.25, 0.3) is 5.69 Å². The average Bonchev–Trinajstić information content (AvgIpc) is 2.52. The van der Waals surface area contributed by atoms with E-state index in [1.54, 1.807) is 0 Å². The molecule has 0 bridgehead atoms. The zero-order valence-electron chi connectivity index (χ0n) is 12.5. The summed E-state index contributed by atoms with van der Waals surface area (Å²) in [5, 5.41) is 14.1. The normalized spacial score (nSPS) is 16.4. The quantitative estimate of drug-likeness (QED) is 0.418. The first-order valence-electron chi connectivity index (χ1n) is 7.27. The van der Waals surface area contributed by atoms with Crippen molar-refractivity contribution in [1.29, 1.82) is 0 Å². The molecule has 0 spiro atoms. The van der Waals surface area contributed by atoms with Gasteiger partial charge in [-0.05, 0) is 19.0 Å². The predicted octanol–water partition coefficient (Wildman–Crippen LogP) is 0.308. The molecule has 0 amide bonds. The van der Waals surface area contributed by atoms with Crippen molar-refractivity contribution in [2.75, 3.05) is 39.3 Å². The highest BCUT2D eigenvalue weighted by atomic mass is 32.2. The summed E-state index contributed by atoms with van der Waals surface area (Å²) in [6.07, 6.45) is 0.543. The van der Waals surface area contributed by atoms with Gasteiger partial charge in [-0.2, -0.15) is 0 Å². The second-order valence-electron chi connectivity index (χ2n) is 5.19. The van der Waals surface area contributed by atoms with Crippen LogP contribution in [-0.2, 0) is 10.0 Å². The van der Waals surface area contributed by atoms with E-state index in [1.807, 2.05) is 0 Å². The van der Waals surface area contributed by atoms with Gasteiger partial charge in [-0.15, -0.1) is 0 Å². The Hall–Kier alpha value is -1.62. The first-order valence-corrected chi connectivity index (χ1v) is 8.76. The molecule has 1 aliphatic rings. The fourth-order valence-electron chi connectivity index (χ4n) is 2.42. The fraction of sp³-hybridized carbons (Fsp3) is 0.538. The zero-order chi connectivity index (χ0) is 16.9. The molecule has 23 heavy (non-hydrogen) atoms. The van der Waals surface area contributed by atoms with E-state index >= 15 is 0 Å². The molecule has 1 aromatic carbocycles. The molecular weight excluding hydrogens is 327 g/mol. The van der Waals surface area contributed by atoms with Crippen LogP contribution in [0.5, 0.6) is 0 Å². The molecule has 2 rings (SSSR count). The lowest BCUT2D eigenvalue weighted by molar-refractivity contribution is -0.388. The standard InChI is InChI=1S/C13H19FN4O4S/c14-11-3-1-4-12(18(19)20)13(11)23(21,22)16-5-2-8-17-9-6-15-7-10-17/h1,3-4,15-16H,2,5-10H2. The van der Waals surface area contributed by atoms with Crippen molar-refractivity contribution in [1.82, 2.24) is 14.9 Å². The van der Waals surface area contributed by atoms with Gasteiger partial charge in [-0.1, -0.05) is 6.07 Å². The summed E-state index contributed by atoms with van der Waals surface area (Å²) in [5.41, 5.74) is -0.764. The third-order valence-corrected chi connectivity index (χ3v) is 5.09. The largest absolute Gasteiger partial charge is 0.314 e. The SMILES string of the molecule is O=[N+]([O-])c1cccc(F)c1S(=O)(=O)NCCCN1CCNCC1. The van der Waals surface area contributed by atoms with Crippen molar-refractivity contribution in [2.24, 2.45) is 0 Å². The summed E-state index contributed by atoms with van der Waals surface area (Å²) in [6.45, 7) is 4.39. The Kier molecular flexibility index (Phi) is 5.99. The van der Waals surface area contributed by atoms with Gasteiger partial charge in [0.2, 0.25) is 10.0 Å². The molecule has 1 aliphatic heterocycles. The number of nitrogens with zero attached hydrogens (tertiary/aromatic N) is 2. The summed E-state index contributed by atoms with van der Waals surface area (Å²) in [7, 11) is -4.27. The smallest absolute Gasteiger partial charge is 0.292 e. The van der Waals surface area contributed by atoms with Crippen LogP contribution in [0.2, 0.25) is 0 Å². The van der Waals surface area contributed by atoms with Crippen LogP contribution >= 0.6 is 0 Å². The number of hydrogen-bond donors (Lipinski definition) is 2. The van der Waals surface area contributed by atoms with E-state index in [4.69, 9.17) is 0 Å². The lowest BCUT2D eigenvalue weighted by Crippen LogP contribution is -2.44. The molecule has 0 unspecified atom stereocenters. The van der Waals surface area contributed by atoms with E-state index in [9.17, 15) is 22.9 Å². The van der Waals surface area contributed by atoms with Crippen molar-refractivity contribution in [3.05, 3.63) is 34.1 Å². The third kappa shape index (κ3) is 4.67. The zero-order valence-corrected chi connectivity index (χ0v) is 13.3. The number of sulfonamides is 1. The highest BCUT2D eigenvalue weighted by Gasteiger charge is 2.29. The summed E-state index contributed by atoms with van der Waals surface area (Å²) >= 11 is 0. The summed E-state index contributed by atoms with van der Waals surface area (Å²) in [6, 6.07) is 2.97. The Morgan fingerprint density at radius 1 is 1.35 bits per heavy atom. The van der Waals surface area contributed by atoms with Crippen LogP contribution in [0.3, 0.4) is 0 Å². The van der Waals surface area contributed by atoms with Gasteiger partial charge < -0.3 is 10.2 Å². The number of piperazine rings is 1. The van der Waals surface area contributed by atoms with Crippen LogP contribution < -0.4 is 10.0 Å². The molecule has 1 heterocycles. The maximum absolute atomic E-state index is 13.8. The molecule has 1 fully saturated rings. The van der Waals surface area contributed by atoms with Gasteiger partial charge in [-0.25, -0.2) is 17.5 Å². The molecule has 1 aromatic rings. The van der Waals surface area contributed by atoms with Crippen LogP contribution in [0.25, 0.3) is 0 Å². The number of nitrogens with one attached hydrogen (secondary N) is 2. The molecule has 1 saturated heterocycles. The van der Waals surface area contributed by atoms with Crippen molar-refractivity contribution in [3.8, 4) is 0 Å². The van der Waals surface area contributed by atoms with Crippen LogP contribution in [0, 0.1) is 15.9 Å². The lowest BCUT2D eigenvalue weighted by atomic mass is 10.3. The second-order valence-corrected chi connectivity index (χ2v) is 6.89. The summed E-state index contributed by atoms with van der Waals surface area (Å²) in [4.78, 5) is 11.3. The number of nitro benzene ring substituents is 1. The summed E-state index contributed by atoms with van der Waals surface area (Å²) in [5.74, 6) is -1.13. The minimum atomic E-state index is -4.27. The average molecular weight is 346 g/mol. The Morgan fingerprint density at radius 3 is 2.70 bits per heavy atom. The molecule has 8 nitrogen and oxygen atoms in total.